The molecule has 1 rings (SSSR count). The second-order valence-corrected chi connectivity index (χ2v) is 3.14. The minimum absolute atomic E-state index is 0.400. The van der Waals surface area contributed by atoms with Gasteiger partial charge in [0.25, 0.3) is 0 Å². The third kappa shape index (κ3) is 1.43. The first kappa shape index (κ1) is 6.57. The number of hydrogen-bond donors (Lipinski definition) is 0. The van der Waals surface area contributed by atoms with Crippen LogP contribution in [-0.2, 0) is 0 Å². The van der Waals surface area contributed by atoms with E-state index in [2.05, 4.69) is 24.8 Å². The molecule has 0 bridgehead atoms. The summed E-state index contributed by atoms with van der Waals surface area (Å²) in [6.45, 7) is 6.51. The van der Waals surface area contributed by atoms with Gasteiger partial charge < -0.3 is 0 Å². The van der Waals surface area contributed by atoms with Gasteiger partial charge in [0.2, 0.25) is 0 Å². The molecule has 1 fully saturated rings. The monoisotopic (exact) mass is 124 g/mol. The standard InChI is InChI=1S/C7H12N2/c1-7(2)6-9(7)5-3-4-8/h3,5-6H2,1-2H3. The number of nitrogens with zero attached hydrogens (tertiary/aromatic N) is 2. The van der Waals surface area contributed by atoms with Gasteiger partial charge in [-0.3, -0.25) is 4.90 Å². The Morgan fingerprint density at radius 2 is 2.22 bits per heavy atom. The van der Waals surface area contributed by atoms with E-state index in [1.165, 1.54) is 0 Å². The summed E-state index contributed by atoms with van der Waals surface area (Å²) in [5, 5.41) is 8.24. The summed E-state index contributed by atoms with van der Waals surface area (Å²) >= 11 is 0. The predicted octanol–water partition coefficient (Wildman–Crippen LogP) is 0.994. The molecule has 0 amide bonds. The average Bonchev–Trinajstić information content (AvgIpc) is 2.35. The molecule has 0 spiro atoms. The smallest absolute Gasteiger partial charge is 0.0635 e. The molecule has 1 atom stereocenters. The quantitative estimate of drug-likeness (QED) is 0.513. The Morgan fingerprint density at radius 1 is 1.67 bits per heavy atom. The fourth-order valence-electron chi connectivity index (χ4n) is 0.998. The fraction of sp³-hybridized carbons (Fsp3) is 0.857. The number of hydrogen-bond acceptors (Lipinski definition) is 2. The lowest BCUT2D eigenvalue weighted by Crippen LogP contribution is -2.09. The van der Waals surface area contributed by atoms with E-state index in [4.69, 9.17) is 5.26 Å². The van der Waals surface area contributed by atoms with E-state index in [9.17, 15) is 0 Å². The lowest BCUT2D eigenvalue weighted by molar-refractivity contribution is 0.455. The molecule has 0 aromatic heterocycles. The maximum Gasteiger partial charge on any atom is 0.0635 e. The van der Waals surface area contributed by atoms with Crippen LogP contribution >= 0.6 is 0 Å². The number of rotatable bonds is 2. The van der Waals surface area contributed by atoms with Crippen LogP contribution in [-0.4, -0.2) is 23.5 Å². The molecule has 0 aliphatic carbocycles. The third-order valence-electron chi connectivity index (χ3n) is 1.82. The highest BCUT2D eigenvalue weighted by Gasteiger charge is 2.41. The first-order valence-electron chi connectivity index (χ1n) is 3.29. The summed E-state index contributed by atoms with van der Waals surface area (Å²) in [6, 6.07) is 2.14. The van der Waals surface area contributed by atoms with Crippen molar-refractivity contribution < 1.29 is 0 Å². The van der Waals surface area contributed by atoms with Gasteiger partial charge in [-0.25, -0.2) is 0 Å². The van der Waals surface area contributed by atoms with Crippen molar-refractivity contribution in [2.45, 2.75) is 25.8 Å². The van der Waals surface area contributed by atoms with Crippen LogP contribution in [0.4, 0.5) is 0 Å². The summed E-state index contributed by atoms with van der Waals surface area (Å²) in [4.78, 5) is 2.30. The first-order chi connectivity index (χ1) is 4.17. The van der Waals surface area contributed by atoms with Gasteiger partial charge in [0.1, 0.15) is 0 Å². The lowest BCUT2D eigenvalue weighted by atomic mass is 10.2. The minimum Gasteiger partial charge on any atom is -0.294 e. The lowest BCUT2D eigenvalue weighted by Gasteiger charge is -2.01. The van der Waals surface area contributed by atoms with Gasteiger partial charge in [-0.1, -0.05) is 0 Å². The van der Waals surface area contributed by atoms with Crippen molar-refractivity contribution in [3.63, 3.8) is 0 Å². The molecule has 0 N–H and O–H groups in total. The molecule has 1 aliphatic heterocycles. The molecular formula is C7H12N2. The van der Waals surface area contributed by atoms with Gasteiger partial charge in [-0.2, -0.15) is 5.26 Å². The van der Waals surface area contributed by atoms with E-state index >= 15 is 0 Å². The Labute approximate surface area is 56.1 Å². The van der Waals surface area contributed by atoms with Gasteiger partial charge >= 0.3 is 0 Å². The van der Waals surface area contributed by atoms with Crippen molar-refractivity contribution in [3.05, 3.63) is 0 Å². The average molecular weight is 124 g/mol. The van der Waals surface area contributed by atoms with E-state index in [1.807, 2.05) is 0 Å². The highest BCUT2D eigenvalue weighted by molar-refractivity contribution is 5.00. The highest BCUT2D eigenvalue weighted by atomic mass is 15.3. The SMILES string of the molecule is CC1(C)CN1CCC#N. The first-order valence-corrected chi connectivity index (χ1v) is 3.29. The molecule has 2 heteroatoms. The molecule has 1 aliphatic rings. The van der Waals surface area contributed by atoms with Crippen LogP contribution in [0.5, 0.6) is 0 Å². The topological polar surface area (TPSA) is 26.8 Å². The second kappa shape index (κ2) is 2.00. The van der Waals surface area contributed by atoms with Crippen molar-refractivity contribution in [1.82, 2.24) is 4.90 Å². The highest BCUT2D eigenvalue weighted by Crippen LogP contribution is 2.29. The zero-order valence-electron chi connectivity index (χ0n) is 6.02. The molecule has 1 heterocycles. The minimum atomic E-state index is 0.400. The normalized spacial score (nSPS) is 29.2. The van der Waals surface area contributed by atoms with Crippen LogP contribution in [0.1, 0.15) is 20.3 Å². The second-order valence-electron chi connectivity index (χ2n) is 3.14. The molecule has 1 saturated heterocycles. The molecule has 0 radical (unpaired) electrons. The van der Waals surface area contributed by atoms with Gasteiger partial charge in [-0.15, -0.1) is 0 Å². The van der Waals surface area contributed by atoms with Gasteiger partial charge in [0.15, 0.2) is 0 Å². The maximum absolute atomic E-state index is 8.24. The van der Waals surface area contributed by atoms with Crippen LogP contribution in [0.15, 0.2) is 0 Å². The summed E-state index contributed by atoms with van der Waals surface area (Å²) in [5.74, 6) is 0. The van der Waals surface area contributed by atoms with E-state index < -0.39 is 0 Å². The molecule has 9 heavy (non-hydrogen) atoms. The molecule has 1 unspecified atom stereocenters. The zero-order chi connectivity index (χ0) is 6.91. The van der Waals surface area contributed by atoms with Crippen LogP contribution in [0, 0.1) is 11.3 Å². The van der Waals surface area contributed by atoms with Crippen molar-refractivity contribution in [1.29, 1.82) is 5.26 Å². The summed E-state index contributed by atoms with van der Waals surface area (Å²) in [5.41, 5.74) is 0.400. The summed E-state index contributed by atoms with van der Waals surface area (Å²) in [6.07, 6.45) is 0.670. The summed E-state index contributed by atoms with van der Waals surface area (Å²) < 4.78 is 0. The van der Waals surface area contributed by atoms with Crippen LogP contribution < -0.4 is 0 Å². The third-order valence-corrected chi connectivity index (χ3v) is 1.82. The van der Waals surface area contributed by atoms with Gasteiger partial charge in [-0.05, 0) is 13.8 Å². The Bertz CT molecular complexity index is 143. The van der Waals surface area contributed by atoms with Gasteiger partial charge in [0.05, 0.1) is 6.07 Å². The number of nitriles is 1. The van der Waals surface area contributed by atoms with Crippen molar-refractivity contribution in [2.75, 3.05) is 13.1 Å². The van der Waals surface area contributed by atoms with E-state index in [-0.39, 0.29) is 0 Å². The van der Waals surface area contributed by atoms with Gasteiger partial charge in [0, 0.05) is 25.0 Å². The molecular weight excluding hydrogens is 112 g/mol. The van der Waals surface area contributed by atoms with E-state index in [1.54, 1.807) is 0 Å². The molecule has 0 aromatic carbocycles. The zero-order valence-corrected chi connectivity index (χ0v) is 6.02. The Hall–Kier alpha value is -0.550. The maximum atomic E-state index is 8.24. The van der Waals surface area contributed by atoms with Crippen LogP contribution in [0.3, 0.4) is 0 Å². The van der Waals surface area contributed by atoms with E-state index in [0.717, 1.165) is 13.1 Å². The summed E-state index contributed by atoms with van der Waals surface area (Å²) in [7, 11) is 0. The largest absolute Gasteiger partial charge is 0.294 e. The van der Waals surface area contributed by atoms with Crippen LogP contribution in [0.2, 0.25) is 0 Å². The molecule has 50 valence electrons. The Balaban J connectivity index is 2.14. The fourth-order valence-corrected chi connectivity index (χ4v) is 0.998. The van der Waals surface area contributed by atoms with Crippen molar-refractivity contribution in [3.8, 4) is 6.07 Å². The van der Waals surface area contributed by atoms with Crippen molar-refractivity contribution in [2.24, 2.45) is 0 Å². The molecule has 0 saturated carbocycles. The van der Waals surface area contributed by atoms with Crippen LogP contribution in [0.25, 0.3) is 0 Å². The molecule has 2 nitrogen and oxygen atoms in total. The Morgan fingerprint density at radius 3 is 2.56 bits per heavy atom. The van der Waals surface area contributed by atoms with E-state index in [0.29, 0.717) is 12.0 Å². The molecule has 0 aromatic rings. The predicted molar refractivity (Wildman–Crippen MR) is 35.9 cm³/mol. The Kier molecular flexibility index (Phi) is 1.46. The van der Waals surface area contributed by atoms with Crippen molar-refractivity contribution >= 4 is 0 Å².